The summed E-state index contributed by atoms with van der Waals surface area (Å²) in [6.45, 7) is 4.08. The Bertz CT molecular complexity index is 908. The Morgan fingerprint density at radius 2 is 1.96 bits per heavy atom. The van der Waals surface area contributed by atoms with Gasteiger partial charge in [-0.2, -0.15) is 0 Å². The van der Waals surface area contributed by atoms with Crippen LogP contribution >= 0.6 is 11.6 Å². The topological polar surface area (TPSA) is 80.0 Å². The first-order chi connectivity index (χ1) is 12.0. The molecule has 0 aliphatic heterocycles. The van der Waals surface area contributed by atoms with Crippen molar-refractivity contribution in [3.8, 4) is 0 Å². The van der Waals surface area contributed by atoms with E-state index in [9.17, 15) is 4.79 Å². The second kappa shape index (κ2) is 7.36. The van der Waals surface area contributed by atoms with Gasteiger partial charge in [0.15, 0.2) is 0 Å². The standard InChI is InChI=1S/C18H17ClN4O2/c1-11-6-7-13(12(2)8-11)9-16-22-23-18(25-16)21-17(24)20-15-5-3-4-14(19)10-15/h3-8,10H,9H2,1-2H3,(H2,20,21,23,24). The molecule has 3 rings (SSSR count). The molecule has 25 heavy (non-hydrogen) atoms. The molecule has 0 bridgehead atoms. The second-order valence-electron chi connectivity index (χ2n) is 5.70. The van der Waals surface area contributed by atoms with Crippen LogP contribution in [0.2, 0.25) is 5.02 Å². The summed E-state index contributed by atoms with van der Waals surface area (Å²) < 4.78 is 5.48. The third kappa shape index (κ3) is 4.58. The third-order valence-electron chi connectivity index (χ3n) is 3.61. The number of aryl methyl sites for hydroxylation is 2. The van der Waals surface area contributed by atoms with Gasteiger partial charge in [0, 0.05) is 10.7 Å². The van der Waals surface area contributed by atoms with Crippen molar-refractivity contribution in [1.29, 1.82) is 0 Å². The molecule has 3 aromatic rings. The Balaban J connectivity index is 1.62. The van der Waals surface area contributed by atoms with Crippen LogP contribution in [0.1, 0.15) is 22.6 Å². The van der Waals surface area contributed by atoms with Crippen LogP contribution in [0, 0.1) is 13.8 Å². The molecule has 0 radical (unpaired) electrons. The van der Waals surface area contributed by atoms with Gasteiger partial charge in [-0.15, -0.1) is 5.10 Å². The highest BCUT2D eigenvalue weighted by molar-refractivity contribution is 6.30. The molecular formula is C18H17ClN4O2. The summed E-state index contributed by atoms with van der Waals surface area (Å²) in [7, 11) is 0. The van der Waals surface area contributed by atoms with Gasteiger partial charge in [0.25, 0.3) is 0 Å². The Morgan fingerprint density at radius 1 is 1.12 bits per heavy atom. The molecule has 0 saturated carbocycles. The molecule has 6 nitrogen and oxygen atoms in total. The quantitative estimate of drug-likeness (QED) is 0.717. The molecule has 2 amide bonds. The number of anilines is 2. The number of aromatic nitrogens is 2. The lowest BCUT2D eigenvalue weighted by Crippen LogP contribution is -2.19. The minimum Gasteiger partial charge on any atom is -0.407 e. The fraction of sp³-hybridized carbons (Fsp3) is 0.167. The molecule has 2 aromatic carbocycles. The Kier molecular flexibility index (Phi) is 5.00. The molecule has 0 fully saturated rings. The third-order valence-corrected chi connectivity index (χ3v) is 3.84. The van der Waals surface area contributed by atoms with E-state index in [2.05, 4.69) is 26.9 Å². The van der Waals surface area contributed by atoms with E-state index in [1.165, 1.54) is 5.56 Å². The summed E-state index contributed by atoms with van der Waals surface area (Å²) >= 11 is 5.88. The lowest BCUT2D eigenvalue weighted by Gasteiger charge is -2.05. The van der Waals surface area contributed by atoms with Crippen LogP contribution in [0.5, 0.6) is 0 Å². The van der Waals surface area contributed by atoms with Gasteiger partial charge in [-0.05, 0) is 43.2 Å². The van der Waals surface area contributed by atoms with E-state index >= 15 is 0 Å². The van der Waals surface area contributed by atoms with Crippen molar-refractivity contribution in [2.24, 2.45) is 0 Å². The number of rotatable bonds is 4. The molecular weight excluding hydrogens is 340 g/mol. The van der Waals surface area contributed by atoms with E-state index < -0.39 is 6.03 Å². The number of nitrogens with one attached hydrogen (secondary N) is 2. The lowest BCUT2D eigenvalue weighted by molar-refractivity contribution is 0.261. The highest BCUT2D eigenvalue weighted by atomic mass is 35.5. The number of carbonyl (C=O) groups is 1. The molecule has 0 aliphatic carbocycles. The van der Waals surface area contributed by atoms with Crippen molar-refractivity contribution in [2.75, 3.05) is 10.6 Å². The van der Waals surface area contributed by atoms with Crippen LogP contribution in [0.15, 0.2) is 46.9 Å². The van der Waals surface area contributed by atoms with Crippen LogP contribution < -0.4 is 10.6 Å². The monoisotopic (exact) mass is 356 g/mol. The van der Waals surface area contributed by atoms with Crippen molar-refractivity contribution in [3.63, 3.8) is 0 Å². The van der Waals surface area contributed by atoms with E-state index in [0.717, 1.165) is 11.1 Å². The maximum Gasteiger partial charge on any atom is 0.327 e. The fourth-order valence-corrected chi connectivity index (χ4v) is 2.60. The number of hydrogen-bond acceptors (Lipinski definition) is 4. The predicted molar refractivity (Wildman–Crippen MR) is 97.1 cm³/mol. The van der Waals surface area contributed by atoms with Crippen LogP contribution in [0.25, 0.3) is 0 Å². The minimum absolute atomic E-state index is 0.0410. The van der Waals surface area contributed by atoms with Crippen molar-refractivity contribution < 1.29 is 9.21 Å². The molecule has 0 atom stereocenters. The zero-order valence-electron chi connectivity index (χ0n) is 13.8. The molecule has 2 N–H and O–H groups in total. The molecule has 0 spiro atoms. The average Bonchev–Trinajstić information content (AvgIpc) is 2.97. The number of nitrogens with zero attached hydrogens (tertiary/aromatic N) is 2. The van der Waals surface area contributed by atoms with Gasteiger partial charge in [0.05, 0.1) is 6.42 Å². The molecule has 1 aromatic heterocycles. The van der Waals surface area contributed by atoms with Gasteiger partial charge in [-0.3, -0.25) is 5.32 Å². The summed E-state index contributed by atoms with van der Waals surface area (Å²) in [5.74, 6) is 0.435. The van der Waals surface area contributed by atoms with Crippen LogP contribution in [-0.2, 0) is 6.42 Å². The van der Waals surface area contributed by atoms with Gasteiger partial charge in [0.1, 0.15) is 0 Å². The lowest BCUT2D eigenvalue weighted by atomic mass is 10.0. The highest BCUT2D eigenvalue weighted by Gasteiger charge is 2.11. The largest absolute Gasteiger partial charge is 0.407 e. The van der Waals surface area contributed by atoms with Gasteiger partial charge in [-0.1, -0.05) is 46.5 Å². The van der Waals surface area contributed by atoms with Gasteiger partial charge in [-0.25, -0.2) is 4.79 Å². The SMILES string of the molecule is Cc1ccc(Cc2nnc(NC(=O)Nc3cccc(Cl)c3)o2)c(C)c1. The first-order valence-corrected chi connectivity index (χ1v) is 8.09. The number of urea groups is 1. The average molecular weight is 357 g/mol. The van der Waals surface area contributed by atoms with Crippen LogP contribution in [0.4, 0.5) is 16.5 Å². The van der Waals surface area contributed by atoms with Crippen molar-refractivity contribution in [2.45, 2.75) is 20.3 Å². The van der Waals surface area contributed by atoms with E-state index in [4.69, 9.17) is 16.0 Å². The number of amides is 2. The van der Waals surface area contributed by atoms with Gasteiger partial charge in [0.2, 0.25) is 5.89 Å². The molecule has 128 valence electrons. The fourth-order valence-electron chi connectivity index (χ4n) is 2.41. The number of halogens is 1. The number of benzene rings is 2. The van der Waals surface area contributed by atoms with Gasteiger partial charge < -0.3 is 9.73 Å². The summed E-state index contributed by atoms with van der Waals surface area (Å²) in [4.78, 5) is 12.0. The summed E-state index contributed by atoms with van der Waals surface area (Å²) in [5, 5.41) is 13.5. The maximum absolute atomic E-state index is 12.0. The summed E-state index contributed by atoms with van der Waals surface area (Å²) in [5.41, 5.74) is 4.03. The highest BCUT2D eigenvalue weighted by Crippen LogP contribution is 2.17. The Morgan fingerprint density at radius 3 is 2.72 bits per heavy atom. The van der Waals surface area contributed by atoms with Crippen molar-refractivity contribution in [3.05, 3.63) is 70.1 Å². The van der Waals surface area contributed by atoms with Crippen molar-refractivity contribution in [1.82, 2.24) is 10.2 Å². The molecule has 0 aliphatic rings. The Labute approximate surface area is 150 Å². The molecule has 1 heterocycles. The smallest absolute Gasteiger partial charge is 0.327 e. The summed E-state index contributed by atoms with van der Waals surface area (Å²) in [6, 6.07) is 12.6. The summed E-state index contributed by atoms with van der Waals surface area (Å²) in [6.07, 6.45) is 0.511. The van der Waals surface area contributed by atoms with E-state index in [0.29, 0.717) is 23.0 Å². The van der Waals surface area contributed by atoms with E-state index in [1.807, 2.05) is 26.0 Å². The Hall–Kier alpha value is -2.86. The number of carbonyl (C=O) groups excluding carboxylic acids is 1. The first-order valence-electron chi connectivity index (χ1n) is 7.72. The van der Waals surface area contributed by atoms with Crippen LogP contribution in [-0.4, -0.2) is 16.2 Å². The zero-order chi connectivity index (χ0) is 17.8. The van der Waals surface area contributed by atoms with Crippen molar-refractivity contribution >= 4 is 29.3 Å². The second-order valence-corrected chi connectivity index (χ2v) is 6.13. The zero-order valence-corrected chi connectivity index (χ0v) is 14.6. The minimum atomic E-state index is -0.482. The molecule has 7 heteroatoms. The normalized spacial score (nSPS) is 10.5. The maximum atomic E-state index is 12.0. The van der Waals surface area contributed by atoms with Crippen LogP contribution in [0.3, 0.4) is 0 Å². The first kappa shape index (κ1) is 17.0. The molecule has 0 saturated heterocycles. The molecule has 0 unspecified atom stereocenters. The number of hydrogen-bond donors (Lipinski definition) is 2. The van der Waals surface area contributed by atoms with Gasteiger partial charge >= 0.3 is 12.0 Å². The predicted octanol–water partition coefficient (Wildman–Crippen LogP) is 4.57. The van der Waals surface area contributed by atoms with E-state index in [1.54, 1.807) is 24.3 Å². The van der Waals surface area contributed by atoms with E-state index in [-0.39, 0.29) is 6.01 Å².